The van der Waals surface area contributed by atoms with E-state index in [4.69, 9.17) is 0 Å². The third-order valence-electron chi connectivity index (χ3n) is 5.16. The van der Waals surface area contributed by atoms with Crippen molar-refractivity contribution < 1.29 is 4.79 Å². The number of aryl methyl sites for hydroxylation is 2. The van der Waals surface area contributed by atoms with Crippen LogP contribution in [0.1, 0.15) is 47.2 Å². The first-order valence-electron chi connectivity index (χ1n) is 10.6. The summed E-state index contributed by atoms with van der Waals surface area (Å²) >= 11 is 0. The summed E-state index contributed by atoms with van der Waals surface area (Å²) in [5.41, 5.74) is 6.10. The summed E-state index contributed by atoms with van der Waals surface area (Å²) in [5.74, 6) is 0.547. The SMILES string of the molecule is Cc1ccc(-c2cc(C(=O)NCc3cnc(C)cn3)cc(-c3ncnn3C(C)C)c2)cc1. The van der Waals surface area contributed by atoms with Crippen LogP contribution in [0.2, 0.25) is 0 Å². The molecule has 0 aliphatic heterocycles. The van der Waals surface area contributed by atoms with Gasteiger partial charge in [-0.25, -0.2) is 9.67 Å². The Bertz CT molecular complexity index is 1230. The van der Waals surface area contributed by atoms with Crippen LogP contribution in [-0.4, -0.2) is 30.6 Å². The van der Waals surface area contributed by atoms with Crippen LogP contribution in [0.4, 0.5) is 0 Å². The maximum atomic E-state index is 13.1. The van der Waals surface area contributed by atoms with Gasteiger partial charge in [-0.05, 0) is 57.0 Å². The monoisotopic (exact) mass is 426 g/mol. The number of carbonyl (C=O) groups excluding carboxylic acids is 1. The Hall–Kier alpha value is -3.87. The highest BCUT2D eigenvalue weighted by molar-refractivity contribution is 5.97. The van der Waals surface area contributed by atoms with Gasteiger partial charge in [0.25, 0.3) is 5.91 Å². The number of benzene rings is 2. The molecular formula is C25H26N6O. The topological polar surface area (TPSA) is 85.6 Å². The fraction of sp³-hybridized carbons (Fsp3) is 0.240. The molecule has 1 amide bonds. The van der Waals surface area contributed by atoms with Crippen LogP contribution in [-0.2, 0) is 6.54 Å². The van der Waals surface area contributed by atoms with E-state index in [9.17, 15) is 4.79 Å². The normalized spacial score (nSPS) is 11.0. The van der Waals surface area contributed by atoms with Gasteiger partial charge in [-0.15, -0.1) is 0 Å². The highest BCUT2D eigenvalue weighted by Gasteiger charge is 2.16. The van der Waals surface area contributed by atoms with Gasteiger partial charge in [-0.1, -0.05) is 29.8 Å². The molecule has 2 heterocycles. The lowest BCUT2D eigenvalue weighted by Crippen LogP contribution is -2.23. The van der Waals surface area contributed by atoms with Crippen LogP contribution in [0.25, 0.3) is 22.5 Å². The number of hydrogen-bond acceptors (Lipinski definition) is 5. The zero-order chi connectivity index (χ0) is 22.7. The number of carbonyl (C=O) groups is 1. The molecule has 7 nitrogen and oxygen atoms in total. The number of nitrogens with one attached hydrogen (secondary N) is 1. The quantitative estimate of drug-likeness (QED) is 0.490. The third kappa shape index (κ3) is 4.72. The van der Waals surface area contributed by atoms with Gasteiger partial charge in [-0.2, -0.15) is 5.10 Å². The van der Waals surface area contributed by atoms with Crippen LogP contribution in [0, 0.1) is 13.8 Å². The van der Waals surface area contributed by atoms with Crippen molar-refractivity contribution in [3.63, 3.8) is 0 Å². The maximum Gasteiger partial charge on any atom is 0.251 e. The molecule has 4 rings (SSSR count). The lowest BCUT2D eigenvalue weighted by molar-refractivity contribution is 0.0950. The average Bonchev–Trinajstić information content (AvgIpc) is 3.29. The van der Waals surface area contributed by atoms with Crippen LogP contribution in [0.5, 0.6) is 0 Å². The number of aromatic nitrogens is 5. The summed E-state index contributed by atoms with van der Waals surface area (Å²) in [5, 5.41) is 7.30. The Morgan fingerprint density at radius 3 is 2.38 bits per heavy atom. The summed E-state index contributed by atoms with van der Waals surface area (Å²) in [6.45, 7) is 8.34. The smallest absolute Gasteiger partial charge is 0.251 e. The van der Waals surface area contributed by atoms with E-state index in [2.05, 4.69) is 76.5 Å². The Balaban J connectivity index is 1.71. The van der Waals surface area contributed by atoms with Crippen molar-refractivity contribution in [3.05, 3.63) is 83.7 Å². The van der Waals surface area contributed by atoms with Crippen LogP contribution in [0.15, 0.2) is 61.2 Å². The number of hydrogen-bond donors (Lipinski definition) is 1. The molecule has 4 aromatic rings. The van der Waals surface area contributed by atoms with Crippen LogP contribution < -0.4 is 5.32 Å². The molecule has 0 aliphatic carbocycles. The Morgan fingerprint density at radius 1 is 0.938 bits per heavy atom. The van der Waals surface area contributed by atoms with E-state index in [1.54, 1.807) is 18.7 Å². The Kier molecular flexibility index (Phi) is 6.07. The predicted molar refractivity (Wildman–Crippen MR) is 124 cm³/mol. The molecule has 1 N–H and O–H groups in total. The summed E-state index contributed by atoms with van der Waals surface area (Å²) in [6, 6.07) is 14.2. The molecule has 0 saturated carbocycles. The van der Waals surface area contributed by atoms with Crippen molar-refractivity contribution in [2.75, 3.05) is 0 Å². The molecule has 2 aromatic carbocycles. The van der Waals surface area contributed by atoms with Gasteiger partial charge in [0.1, 0.15) is 6.33 Å². The molecular weight excluding hydrogens is 400 g/mol. The molecule has 2 aromatic heterocycles. The van der Waals surface area contributed by atoms with Crippen LogP contribution >= 0.6 is 0 Å². The Labute approximate surface area is 187 Å². The van der Waals surface area contributed by atoms with E-state index in [0.717, 1.165) is 28.2 Å². The number of nitrogens with zero attached hydrogens (tertiary/aromatic N) is 5. The van der Waals surface area contributed by atoms with Gasteiger partial charge in [0.05, 0.1) is 24.1 Å². The average molecular weight is 427 g/mol. The first-order valence-corrected chi connectivity index (χ1v) is 10.6. The molecule has 0 saturated heterocycles. The molecule has 0 spiro atoms. The van der Waals surface area contributed by atoms with Gasteiger partial charge in [0.15, 0.2) is 5.82 Å². The van der Waals surface area contributed by atoms with E-state index in [0.29, 0.717) is 17.8 Å². The fourth-order valence-electron chi connectivity index (χ4n) is 3.42. The summed E-state index contributed by atoms with van der Waals surface area (Å²) in [4.78, 5) is 26.1. The van der Waals surface area contributed by atoms with Crippen molar-refractivity contribution in [1.29, 1.82) is 0 Å². The molecule has 7 heteroatoms. The van der Waals surface area contributed by atoms with Crippen molar-refractivity contribution in [1.82, 2.24) is 30.0 Å². The van der Waals surface area contributed by atoms with E-state index in [-0.39, 0.29) is 11.9 Å². The fourth-order valence-corrected chi connectivity index (χ4v) is 3.42. The highest BCUT2D eigenvalue weighted by Crippen LogP contribution is 2.28. The molecule has 32 heavy (non-hydrogen) atoms. The van der Waals surface area contributed by atoms with Crippen LogP contribution in [0.3, 0.4) is 0 Å². The Morgan fingerprint density at radius 2 is 1.69 bits per heavy atom. The zero-order valence-electron chi connectivity index (χ0n) is 18.7. The van der Waals surface area contributed by atoms with Crippen molar-refractivity contribution in [3.8, 4) is 22.5 Å². The molecule has 0 radical (unpaired) electrons. The lowest BCUT2D eigenvalue weighted by atomic mass is 9.98. The molecule has 0 unspecified atom stereocenters. The number of amides is 1. The van der Waals surface area contributed by atoms with Gasteiger partial charge in [0.2, 0.25) is 0 Å². The molecule has 0 atom stereocenters. The lowest BCUT2D eigenvalue weighted by Gasteiger charge is -2.13. The standard InChI is InChI=1S/C25H26N6O/c1-16(2)31-24(29-15-30-31)21-9-20(19-7-5-17(3)6-8-19)10-22(11-21)25(32)28-14-23-13-26-18(4)12-27-23/h5-13,15-16H,14H2,1-4H3,(H,28,32). The minimum atomic E-state index is -0.182. The third-order valence-corrected chi connectivity index (χ3v) is 5.16. The second kappa shape index (κ2) is 9.09. The van der Waals surface area contributed by atoms with Gasteiger partial charge < -0.3 is 5.32 Å². The highest BCUT2D eigenvalue weighted by atomic mass is 16.1. The first-order chi connectivity index (χ1) is 15.4. The van der Waals surface area contributed by atoms with E-state index < -0.39 is 0 Å². The summed E-state index contributed by atoms with van der Waals surface area (Å²) in [6.07, 6.45) is 4.91. The van der Waals surface area contributed by atoms with Crippen molar-refractivity contribution >= 4 is 5.91 Å². The van der Waals surface area contributed by atoms with Gasteiger partial charge in [-0.3, -0.25) is 14.8 Å². The summed E-state index contributed by atoms with van der Waals surface area (Å²) < 4.78 is 1.86. The molecule has 0 fully saturated rings. The molecule has 0 bridgehead atoms. The van der Waals surface area contributed by atoms with Crippen molar-refractivity contribution in [2.45, 2.75) is 40.3 Å². The van der Waals surface area contributed by atoms with E-state index in [1.165, 1.54) is 5.56 Å². The first kappa shape index (κ1) is 21.4. The van der Waals surface area contributed by atoms with E-state index in [1.807, 2.05) is 23.7 Å². The maximum absolute atomic E-state index is 13.1. The second-order valence-corrected chi connectivity index (χ2v) is 8.12. The molecule has 0 aliphatic rings. The number of rotatable bonds is 6. The zero-order valence-corrected chi connectivity index (χ0v) is 18.7. The minimum Gasteiger partial charge on any atom is -0.346 e. The predicted octanol–water partition coefficient (Wildman–Crippen LogP) is 4.53. The van der Waals surface area contributed by atoms with Gasteiger partial charge in [0, 0.05) is 23.4 Å². The second-order valence-electron chi connectivity index (χ2n) is 8.12. The van der Waals surface area contributed by atoms with E-state index >= 15 is 0 Å². The van der Waals surface area contributed by atoms with Crippen molar-refractivity contribution in [2.24, 2.45) is 0 Å². The summed E-state index contributed by atoms with van der Waals surface area (Å²) in [7, 11) is 0. The minimum absolute atomic E-state index is 0.146. The molecule has 162 valence electrons. The largest absolute Gasteiger partial charge is 0.346 e. The van der Waals surface area contributed by atoms with Gasteiger partial charge >= 0.3 is 0 Å².